The van der Waals surface area contributed by atoms with E-state index < -0.39 is 6.36 Å². The topological polar surface area (TPSA) is 67.0 Å². The summed E-state index contributed by atoms with van der Waals surface area (Å²) < 4.78 is 50.8. The zero-order valence-corrected chi connectivity index (χ0v) is 16.7. The Morgan fingerprint density at radius 3 is 2.55 bits per heavy atom. The van der Waals surface area contributed by atoms with Crippen molar-refractivity contribution in [3.05, 3.63) is 72.4 Å². The van der Waals surface area contributed by atoms with Crippen LogP contribution in [0, 0.1) is 6.92 Å². The number of nitrogens with zero attached hydrogens (tertiary/aromatic N) is 5. The van der Waals surface area contributed by atoms with E-state index in [1.165, 1.54) is 16.8 Å². The van der Waals surface area contributed by atoms with Crippen LogP contribution in [0.5, 0.6) is 11.5 Å². The average molecular weight is 429 g/mol. The molecule has 4 rings (SSSR count). The van der Waals surface area contributed by atoms with Crippen LogP contribution in [0.2, 0.25) is 0 Å². The van der Waals surface area contributed by atoms with Gasteiger partial charge in [0.25, 0.3) is 0 Å². The summed E-state index contributed by atoms with van der Waals surface area (Å²) in [5.74, 6) is 0.349. The fourth-order valence-corrected chi connectivity index (χ4v) is 3.14. The average Bonchev–Trinajstić information content (AvgIpc) is 3.37. The Bertz CT molecular complexity index is 1200. The third kappa shape index (κ3) is 4.68. The smallest absolute Gasteiger partial charge is 0.495 e. The molecule has 4 aromatic rings. The van der Waals surface area contributed by atoms with E-state index >= 15 is 0 Å². The zero-order chi connectivity index (χ0) is 22.0. The Labute approximate surface area is 175 Å². The second kappa shape index (κ2) is 8.13. The molecule has 7 nitrogen and oxygen atoms in total. The molecule has 0 unspecified atom stereocenters. The van der Waals surface area contributed by atoms with Crippen LogP contribution in [-0.4, -0.2) is 38.0 Å². The molecule has 0 saturated heterocycles. The number of ether oxygens (including phenoxy) is 2. The van der Waals surface area contributed by atoms with E-state index in [4.69, 9.17) is 4.74 Å². The lowest BCUT2D eigenvalue weighted by atomic mass is 10.1. The third-order valence-electron chi connectivity index (χ3n) is 4.53. The summed E-state index contributed by atoms with van der Waals surface area (Å²) in [7, 11) is 1.57. The molecule has 2 heterocycles. The van der Waals surface area contributed by atoms with Gasteiger partial charge in [0.15, 0.2) is 0 Å². The number of aryl methyl sites for hydroxylation is 1. The maximum atomic E-state index is 12.6. The molecular formula is C21H18F3N5O2. The summed E-state index contributed by atoms with van der Waals surface area (Å²) in [4.78, 5) is 4.22. The largest absolute Gasteiger partial charge is 0.573 e. The molecule has 0 amide bonds. The summed E-state index contributed by atoms with van der Waals surface area (Å²) in [5.41, 5.74) is 3.34. The Morgan fingerprint density at radius 1 is 1.03 bits per heavy atom. The van der Waals surface area contributed by atoms with Crippen molar-refractivity contribution < 1.29 is 22.6 Å². The van der Waals surface area contributed by atoms with Gasteiger partial charge in [-0.25, -0.2) is 9.67 Å². The first-order valence-electron chi connectivity index (χ1n) is 9.25. The Kier molecular flexibility index (Phi) is 5.37. The van der Waals surface area contributed by atoms with Crippen LogP contribution in [0.4, 0.5) is 13.2 Å². The predicted octanol–water partition coefficient (Wildman–Crippen LogP) is 4.39. The lowest BCUT2D eigenvalue weighted by molar-refractivity contribution is -0.274. The van der Waals surface area contributed by atoms with Gasteiger partial charge in [-0.15, -0.1) is 18.3 Å². The molecular weight excluding hydrogens is 411 g/mol. The summed E-state index contributed by atoms with van der Waals surface area (Å²) in [6.07, 6.45) is 0.466. The molecule has 2 aromatic carbocycles. The van der Waals surface area contributed by atoms with Crippen LogP contribution in [0.15, 0.2) is 61.2 Å². The molecule has 0 N–H and O–H groups in total. The molecule has 0 aliphatic rings. The highest BCUT2D eigenvalue weighted by Gasteiger charge is 2.32. The molecule has 10 heteroatoms. The van der Waals surface area contributed by atoms with Crippen LogP contribution in [-0.2, 0) is 6.54 Å². The number of hydrogen-bond donors (Lipinski definition) is 0. The van der Waals surface area contributed by atoms with Crippen molar-refractivity contribution in [2.24, 2.45) is 0 Å². The van der Waals surface area contributed by atoms with Gasteiger partial charge in [-0.05, 0) is 25.1 Å². The lowest BCUT2D eigenvalue weighted by Gasteiger charge is -2.12. The fraction of sp³-hybridized carbons (Fsp3) is 0.190. The first-order valence-corrected chi connectivity index (χ1v) is 9.25. The van der Waals surface area contributed by atoms with Crippen molar-refractivity contribution in [1.82, 2.24) is 24.5 Å². The van der Waals surface area contributed by atoms with Crippen LogP contribution >= 0.6 is 0 Å². The van der Waals surface area contributed by atoms with Crippen LogP contribution < -0.4 is 9.47 Å². The number of benzene rings is 2. The zero-order valence-electron chi connectivity index (χ0n) is 16.7. The highest BCUT2D eigenvalue weighted by Crippen LogP contribution is 2.30. The van der Waals surface area contributed by atoms with E-state index in [9.17, 15) is 13.2 Å². The first-order chi connectivity index (χ1) is 14.8. The van der Waals surface area contributed by atoms with Gasteiger partial charge < -0.3 is 14.0 Å². The van der Waals surface area contributed by atoms with Crippen molar-refractivity contribution in [1.29, 1.82) is 0 Å². The van der Waals surface area contributed by atoms with Gasteiger partial charge in [0, 0.05) is 17.3 Å². The van der Waals surface area contributed by atoms with Gasteiger partial charge in [-0.1, -0.05) is 29.5 Å². The molecule has 0 spiro atoms. The van der Waals surface area contributed by atoms with Crippen molar-refractivity contribution in [2.45, 2.75) is 19.8 Å². The summed E-state index contributed by atoms with van der Waals surface area (Å²) in [6.45, 7) is 1.97. The molecule has 0 atom stereocenters. The van der Waals surface area contributed by atoms with Crippen molar-refractivity contribution in [2.75, 3.05) is 7.11 Å². The molecule has 0 aliphatic carbocycles. The number of rotatable bonds is 6. The molecule has 0 bridgehead atoms. The second-order valence-corrected chi connectivity index (χ2v) is 6.77. The standard InChI is InChI=1S/C21H18F3N5O2/c1-14-10-28(13-25-14)18-8-7-15(9-20(18)30-2)17-12-29(27-26-17)11-16-5-3-4-6-19(16)31-21(22,23)24/h3-10,12-13H,11H2,1-2H3. The van der Waals surface area contributed by atoms with E-state index in [1.54, 1.807) is 31.8 Å². The minimum Gasteiger partial charge on any atom is -0.495 e. The second-order valence-electron chi connectivity index (χ2n) is 6.77. The highest BCUT2D eigenvalue weighted by molar-refractivity contribution is 5.64. The van der Waals surface area contributed by atoms with Gasteiger partial charge in [0.1, 0.15) is 17.2 Å². The molecule has 0 fully saturated rings. The molecule has 0 aliphatic heterocycles. The van der Waals surface area contributed by atoms with Crippen molar-refractivity contribution >= 4 is 0 Å². The van der Waals surface area contributed by atoms with Gasteiger partial charge in [-0.3, -0.25) is 0 Å². The van der Waals surface area contributed by atoms with E-state index in [1.807, 2.05) is 35.9 Å². The molecule has 160 valence electrons. The summed E-state index contributed by atoms with van der Waals surface area (Å²) >= 11 is 0. The quantitative estimate of drug-likeness (QED) is 0.455. The molecule has 0 radical (unpaired) electrons. The SMILES string of the molecule is COc1cc(-c2cn(Cc3ccccc3OC(F)(F)F)nn2)ccc1-n1cnc(C)c1. The number of halogens is 3. The van der Waals surface area contributed by atoms with E-state index in [0.717, 1.165) is 16.9 Å². The van der Waals surface area contributed by atoms with Crippen LogP contribution in [0.3, 0.4) is 0 Å². The highest BCUT2D eigenvalue weighted by atomic mass is 19.4. The summed E-state index contributed by atoms with van der Waals surface area (Å²) in [6, 6.07) is 11.5. The van der Waals surface area contributed by atoms with Gasteiger partial charge in [0.2, 0.25) is 0 Å². The first kappa shape index (κ1) is 20.5. The number of hydrogen-bond acceptors (Lipinski definition) is 5. The maximum absolute atomic E-state index is 12.6. The summed E-state index contributed by atoms with van der Waals surface area (Å²) in [5, 5.41) is 8.18. The van der Waals surface area contributed by atoms with Gasteiger partial charge >= 0.3 is 6.36 Å². The minimum atomic E-state index is -4.77. The number of aromatic nitrogens is 5. The predicted molar refractivity (Wildman–Crippen MR) is 106 cm³/mol. The Balaban J connectivity index is 1.59. The monoisotopic (exact) mass is 429 g/mol. The maximum Gasteiger partial charge on any atom is 0.573 e. The van der Waals surface area contributed by atoms with Crippen LogP contribution in [0.25, 0.3) is 16.9 Å². The number of alkyl halides is 3. The van der Waals surface area contributed by atoms with Crippen molar-refractivity contribution in [3.63, 3.8) is 0 Å². The molecule has 31 heavy (non-hydrogen) atoms. The van der Waals surface area contributed by atoms with E-state index in [0.29, 0.717) is 17.0 Å². The Hall–Kier alpha value is -3.82. The van der Waals surface area contributed by atoms with Crippen LogP contribution in [0.1, 0.15) is 11.3 Å². The number of imidazole rings is 1. The van der Waals surface area contributed by atoms with Crippen molar-refractivity contribution in [3.8, 4) is 28.4 Å². The van der Waals surface area contributed by atoms with E-state index in [-0.39, 0.29) is 12.3 Å². The number of para-hydroxylation sites is 1. The Morgan fingerprint density at radius 2 is 1.84 bits per heavy atom. The third-order valence-corrected chi connectivity index (χ3v) is 4.53. The minimum absolute atomic E-state index is 0.0722. The molecule has 2 aromatic heterocycles. The normalized spacial score (nSPS) is 11.5. The van der Waals surface area contributed by atoms with Gasteiger partial charge in [0.05, 0.1) is 37.6 Å². The number of methoxy groups -OCH3 is 1. The fourth-order valence-electron chi connectivity index (χ4n) is 3.14. The van der Waals surface area contributed by atoms with E-state index in [2.05, 4.69) is 20.0 Å². The van der Waals surface area contributed by atoms with Gasteiger partial charge in [-0.2, -0.15) is 0 Å². The lowest BCUT2D eigenvalue weighted by Crippen LogP contribution is -2.18. The molecule has 0 saturated carbocycles.